The van der Waals surface area contributed by atoms with Crippen molar-refractivity contribution in [2.75, 3.05) is 0 Å². The number of hydrogen-bond donors (Lipinski definition) is 0. The first-order chi connectivity index (χ1) is 16.7. The van der Waals surface area contributed by atoms with Gasteiger partial charge in [-0.05, 0) is 42.0 Å². The molecule has 0 saturated carbocycles. The molecule has 0 unspecified atom stereocenters. The van der Waals surface area contributed by atoms with Crippen molar-refractivity contribution >= 4 is 33.0 Å². The maximum atomic E-state index is 13.3. The van der Waals surface area contributed by atoms with Crippen LogP contribution in [0.5, 0.6) is 5.75 Å². The van der Waals surface area contributed by atoms with Gasteiger partial charge in [-0.1, -0.05) is 82.7 Å². The summed E-state index contributed by atoms with van der Waals surface area (Å²) in [5, 5.41) is 5.07. The molecule has 1 heterocycles. The van der Waals surface area contributed by atoms with Gasteiger partial charge in [0.25, 0.3) is 5.56 Å². The molecule has 0 spiro atoms. The van der Waals surface area contributed by atoms with Crippen LogP contribution in [-0.2, 0) is 6.61 Å². The lowest BCUT2D eigenvalue weighted by atomic mass is 10.2. The first kappa shape index (κ1) is 21.8. The summed E-state index contributed by atoms with van der Waals surface area (Å²) in [7, 11) is 0. The third-order valence-electron chi connectivity index (χ3n) is 5.32. The number of hydrogen-bond acceptors (Lipinski definition) is 4. The van der Waals surface area contributed by atoms with Crippen molar-refractivity contribution < 1.29 is 4.74 Å². The highest BCUT2D eigenvalue weighted by atomic mass is 79.9. The van der Waals surface area contributed by atoms with E-state index in [9.17, 15) is 4.79 Å². The molecule has 0 amide bonds. The summed E-state index contributed by atoms with van der Waals surface area (Å²) >= 11 is 3.45. The van der Waals surface area contributed by atoms with Crippen LogP contribution >= 0.6 is 15.9 Å². The van der Waals surface area contributed by atoms with Crippen LogP contribution in [0.25, 0.3) is 22.3 Å². The molecule has 0 atom stereocenters. The summed E-state index contributed by atoms with van der Waals surface area (Å²) in [5.74, 6) is 1.16. The fourth-order valence-electron chi connectivity index (χ4n) is 3.59. The van der Waals surface area contributed by atoms with Gasteiger partial charge < -0.3 is 4.74 Å². The zero-order chi connectivity index (χ0) is 23.3. The monoisotopic (exact) mass is 509 g/mol. The van der Waals surface area contributed by atoms with Crippen LogP contribution < -0.4 is 10.3 Å². The molecule has 0 aliphatic carbocycles. The SMILES string of the molecule is O=c1c2ccccc2nc(-c2ccccc2)n1N=Cc1ccccc1OCc1ccc(Br)cc1. The second-order valence-electron chi connectivity index (χ2n) is 7.63. The number of rotatable bonds is 6. The third kappa shape index (κ3) is 4.67. The van der Waals surface area contributed by atoms with Gasteiger partial charge >= 0.3 is 0 Å². The molecule has 0 saturated heterocycles. The van der Waals surface area contributed by atoms with Crippen LogP contribution in [0, 0.1) is 0 Å². The largest absolute Gasteiger partial charge is 0.488 e. The van der Waals surface area contributed by atoms with Crippen LogP contribution in [0.2, 0.25) is 0 Å². The molecule has 0 N–H and O–H groups in total. The molecule has 6 heteroatoms. The van der Waals surface area contributed by atoms with E-state index in [4.69, 9.17) is 9.72 Å². The molecular weight excluding hydrogens is 490 g/mol. The summed E-state index contributed by atoms with van der Waals surface area (Å²) in [6.45, 7) is 0.422. The molecule has 5 rings (SSSR count). The van der Waals surface area contributed by atoms with E-state index in [-0.39, 0.29) is 5.56 Å². The predicted molar refractivity (Wildman–Crippen MR) is 139 cm³/mol. The third-order valence-corrected chi connectivity index (χ3v) is 5.85. The second-order valence-corrected chi connectivity index (χ2v) is 8.55. The minimum absolute atomic E-state index is 0.228. The average molecular weight is 510 g/mol. The number of para-hydroxylation sites is 2. The van der Waals surface area contributed by atoms with Crippen molar-refractivity contribution in [1.29, 1.82) is 0 Å². The Morgan fingerprint density at radius 2 is 1.56 bits per heavy atom. The Hall–Kier alpha value is -4.03. The number of ether oxygens (including phenoxy) is 1. The van der Waals surface area contributed by atoms with Gasteiger partial charge in [0.1, 0.15) is 12.4 Å². The molecule has 0 fully saturated rings. The van der Waals surface area contributed by atoms with Crippen molar-refractivity contribution in [3.63, 3.8) is 0 Å². The van der Waals surface area contributed by atoms with Crippen molar-refractivity contribution in [3.05, 3.63) is 129 Å². The van der Waals surface area contributed by atoms with Gasteiger partial charge in [-0.25, -0.2) is 4.98 Å². The van der Waals surface area contributed by atoms with Crippen molar-refractivity contribution in [2.45, 2.75) is 6.61 Å². The average Bonchev–Trinajstić information content (AvgIpc) is 2.89. The van der Waals surface area contributed by atoms with Gasteiger partial charge in [-0.15, -0.1) is 0 Å². The summed E-state index contributed by atoms with van der Waals surface area (Å²) in [5.41, 5.74) is 3.03. The summed E-state index contributed by atoms with van der Waals surface area (Å²) in [4.78, 5) is 18.1. The predicted octanol–water partition coefficient (Wildman–Crippen LogP) is 6.29. The van der Waals surface area contributed by atoms with Gasteiger partial charge in [-0.2, -0.15) is 9.78 Å². The highest BCUT2D eigenvalue weighted by molar-refractivity contribution is 9.10. The highest BCUT2D eigenvalue weighted by Gasteiger charge is 2.12. The van der Waals surface area contributed by atoms with Crippen molar-refractivity contribution in [3.8, 4) is 17.1 Å². The van der Waals surface area contributed by atoms with E-state index < -0.39 is 0 Å². The minimum Gasteiger partial charge on any atom is -0.488 e. The number of halogens is 1. The zero-order valence-corrected chi connectivity index (χ0v) is 19.7. The maximum Gasteiger partial charge on any atom is 0.282 e. The van der Waals surface area contributed by atoms with Crippen LogP contribution in [0.1, 0.15) is 11.1 Å². The van der Waals surface area contributed by atoms with Crippen LogP contribution in [0.4, 0.5) is 0 Å². The first-order valence-corrected chi connectivity index (χ1v) is 11.6. The quantitative estimate of drug-likeness (QED) is 0.253. The molecule has 0 aliphatic heterocycles. The molecule has 1 aromatic heterocycles. The number of aromatic nitrogens is 2. The number of nitrogens with zero attached hydrogens (tertiary/aromatic N) is 3. The fraction of sp³-hybridized carbons (Fsp3) is 0.0357. The lowest BCUT2D eigenvalue weighted by Gasteiger charge is -2.11. The van der Waals surface area contributed by atoms with Crippen molar-refractivity contribution in [1.82, 2.24) is 9.66 Å². The Morgan fingerprint density at radius 1 is 0.853 bits per heavy atom. The Bertz CT molecular complexity index is 1530. The Labute approximate surface area is 205 Å². The van der Waals surface area contributed by atoms with E-state index in [0.29, 0.717) is 29.1 Å². The number of benzene rings is 4. The van der Waals surface area contributed by atoms with E-state index in [1.165, 1.54) is 4.68 Å². The van der Waals surface area contributed by atoms with E-state index in [2.05, 4.69) is 21.0 Å². The maximum absolute atomic E-state index is 13.3. The molecule has 0 aliphatic rings. The normalized spacial score (nSPS) is 11.2. The van der Waals surface area contributed by atoms with Gasteiger partial charge in [0.15, 0.2) is 5.82 Å². The molecule has 0 radical (unpaired) electrons. The van der Waals surface area contributed by atoms with Crippen LogP contribution in [0.15, 0.2) is 117 Å². The highest BCUT2D eigenvalue weighted by Crippen LogP contribution is 2.21. The second kappa shape index (κ2) is 9.85. The van der Waals surface area contributed by atoms with Gasteiger partial charge in [-0.3, -0.25) is 4.79 Å². The zero-order valence-electron chi connectivity index (χ0n) is 18.1. The Balaban J connectivity index is 1.53. The Kier molecular flexibility index (Phi) is 6.31. The van der Waals surface area contributed by atoms with Gasteiger partial charge in [0, 0.05) is 15.6 Å². The van der Waals surface area contributed by atoms with E-state index in [0.717, 1.165) is 21.2 Å². The Morgan fingerprint density at radius 3 is 2.38 bits per heavy atom. The lowest BCUT2D eigenvalue weighted by molar-refractivity contribution is 0.306. The molecule has 5 aromatic rings. The molecule has 4 aromatic carbocycles. The van der Waals surface area contributed by atoms with E-state index in [1.807, 2.05) is 97.1 Å². The molecule has 5 nitrogen and oxygen atoms in total. The van der Waals surface area contributed by atoms with Crippen LogP contribution in [0.3, 0.4) is 0 Å². The standard InChI is InChI=1S/C28H20BrN3O2/c29-23-16-14-20(15-17-23)19-34-26-13-7-4-10-22(26)18-30-32-27(21-8-2-1-3-9-21)31-25-12-6-5-11-24(25)28(32)33/h1-18H,19H2. The smallest absolute Gasteiger partial charge is 0.282 e. The topological polar surface area (TPSA) is 56.5 Å². The summed E-state index contributed by atoms with van der Waals surface area (Å²) < 4.78 is 8.43. The summed E-state index contributed by atoms with van der Waals surface area (Å²) in [6, 6.07) is 32.5. The first-order valence-electron chi connectivity index (χ1n) is 10.8. The van der Waals surface area contributed by atoms with Crippen molar-refractivity contribution in [2.24, 2.45) is 5.10 Å². The molecular formula is C28H20BrN3O2. The minimum atomic E-state index is -0.228. The molecule has 0 bridgehead atoms. The molecule has 34 heavy (non-hydrogen) atoms. The lowest BCUT2D eigenvalue weighted by Crippen LogP contribution is -2.20. The van der Waals surface area contributed by atoms with E-state index in [1.54, 1.807) is 12.3 Å². The van der Waals surface area contributed by atoms with Crippen LogP contribution in [-0.4, -0.2) is 15.9 Å². The van der Waals surface area contributed by atoms with E-state index >= 15 is 0 Å². The summed E-state index contributed by atoms with van der Waals surface area (Å²) in [6.07, 6.45) is 1.64. The number of fused-ring (bicyclic) bond motifs is 1. The fourth-order valence-corrected chi connectivity index (χ4v) is 3.85. The van der Waals surface area contributed by atoms with Gasteiger partial charge in [0.05, 0.1) is 17.1 Å². The van der Waals surface area contributed by atoms with Gasteiger partial charge in [0.2, 0.25) is 0 Å². The molecule has 166 valence electrons.